The number of methoxy groups -OCH3 is 1. The molecule has 0 radical (unpaired) electrons. The molecule has 0 saturated heterocycles. The second-order valence-corrected chi connectivity index (χ2v) is 4.54. The Morgan fingerprint density at radius 3 is 2.84 bits per heavy atom. The van der Waals surface area contributed by atoms with Gasteiger partial charge in [0.05, 0.1) is 18.8 Å². The van der Waals surface area contributed by atoms with Crippen LogP contribution in [0.4, 0.5) is 0 Å². The van der Waals surface area contributed by atoms with E-state index in [1.54, 1.807) is 7.11 Å². The van der Waals surface area contributed by atoms with Crippen LogP contribution in [0, 0.1) is 0 Å². The Kier molecular flexibility index (Phi) is 4.58. The highest BCUT2D eigenvalue weighted by Crippen LogP contribution is 2.24. The molecule has 0 aliphatic rings. The van der Waals surface area contributed by atoms with E-state index in [4.69, 9.17) is 4.74 Å². The van der Waals surface area contributed by atoms with Crippen LogP contribution in [-0.4, -0.2) is 23.4 Å². The number of hydrogen-bond acceptors (Lipinski definition) is 3. The molecule has 1 aromatic heterocycles. The Hall–Kier alpha value is -1.81. The summed E-state index contributed by atoms with van der Waals surface area (Å²) in [5.41, 5.74) is 2.35. The van der Waals surface area contributed by atoms with Crippen LogP contribution in [0.2, 0.25) is 0 Å². The summed E-state index contributed by atoms with van der Waals surface area (Å²) in [4.78, 5) is 0. The lowest BCUT2D eigenvalue weighted by Crippen LogP contribution is -2.25. The Morgan fingerprint density at radius 2 is 2.21 bits per heavy atom. The predicted molar refractivity (Wildman–Crippen MR) is 76.3 cm³/mol. The molecule has 0 bridgehead atoms. The summed E-state index contributed by atoms with van der Waals surface area (Å²) in [6, 6.07) is 10.4. The number of rotatable bonds is 6. The topological polar surface area (TPSA) is 39.1 Å². The summed E-state index contributed by atoms with van der Waals surface area (Å²) in [5, 5.41) is 7.82. The molecule has 0 fully saturated rings. The third-order valence-corrected chi connectivity index (χ3v) is 3.18. The Labute approximate surface area is 114 Å². The highest BCUT2D eigenvalue weighted by molar-refractivity contribution is 5.34. The van der Waals surface area contributed by atoms with Crippen molar-refractivity contribution >= 4 is 0 Å². The van der Waals surface area contributed by atoms with Gasteiger partial charge in [-0.3, -0.25) is 4.68 Å². The van der Waals surface area contributed by atoms with Gasteiger partial charge in [-0.25, -0.2) is 0 Å². The van der Waals surface area contributed by atoms with Crippen molar-refractivity contribution in [1.29, 1.82) is 0 Å². The Balaban J connectivity index is 2.34. The number of benzene rings is 1. The summed E-state index contributed by atoms with van der Waals surface area (Å²) < 4.78 is 7.22. The molecule has 4 heteroatoms. The average Bonchev–Trinajstić information content (AvgIpc) is 2.86. The molecule has 0 aliphatic carbocycles. The predicted octanol–water partition coefficient (Wildman–Crippen LogP) is 2.52. The molecule has 1 atom stereocenters. The summed E-state index contributed by atoms with van der Waals surface area (Å²) in [6.07, 6.45) is 2.93. The zero-order valence-corrected chi connectivity index (χ0v) is 11.8. The minimum absolute atomic E-state index is 0.141. The third kappa shape index (κ3) is 3.15. The monoisotopic (exact) mass is 259 g/mol. The highest BCUT2D eigenvalue weighted by Gasteiger charge is 2.16. The molecule has 1 N–H and O–H groups in total. The fourth-order valence-electron chi connectivity index (χ4n) is 2.17. The minimum atomic E-state index is 0.141. The number of hydrogen-bond donors (Lipinski definition) is 1. The van der Waals surface area contributed by atoms with Crippen LogP contribution in [0.1, 0.15) is 30.6 Å². The van der Waals surface area contributed by atoms with Gasteiger partial charge >= 0.3 is 0 Å². The number of nitrogens with zero attached hydrogens (tertiary/aromatic N) is 2. The van der Waals surface area contributed by atoms with Crippen molar-refractivity contribution in [2.24, 2.45) is 7.05 Å². The molecule has 0 amide bonds. The number of aromatic nitrogens is 2. The van der Waals surface area contributed by atoms with Crippen LogP contribution >= 0.6 is 0 Å². The second kappa shape index (κ2) is 6.38. The maximum absolute atomic E-state index is 5.31. The quantitative estimate of drug-likeness (QED) is 0.866. The first-order chi connectivity index (χ1) is 9.26. The van der Waals surface area contributed by atoms with Gasteiger partial charge in [-0.15, -0.1) is 0 Å². The van der Waals surface area contributed by atoms with Crippen LogP contribution in [0.25, 0.3) is 0 Å². The first-order valence-electron chi connectivity index (χ1n) is 6.61. The van der Waals surface area contributed by atoms with E-state index in [0.29, 0.717) is 0 Å². The van der Waals surface area contributed by atoms with E-state index in [0.717, 1.165) is 24.4 Å². The highest BCUT2D eigenvalue weighted by atomic mass is 16.5. The van der Waals surface area contributed by atoms with Crippen molar-refractivity contribution < 1.29 is 4.74 Å². The zero-order valence-electron chi connectivity index (χ0n) is 11.8. The van der Waals surface area contributed by atoms with Crippen LogP contribution in [0.3, 0.4) is 0 Å². The molecular weight excluding hydrogens is 238 g/mol. The SMILES string of the molecule is CCCNC(c1cccc(OC)c1)c1ccnn1C. The number of aryl methyl sites for hydroxylation is 1. The molecule has 0 spiro atoms. The van der Waals surface area contributed by atoms with Gasteiger partial charge in [-0.2, -0.15) is 5.10 Å². The molecule has 0 saturated carbocycles. The summed E-state index contributed by atoms with van der Waals surface area (Å²) in [6.45, 7) is 3.13. The van der Waals surface area contributed by atoms with Crippen molar-refractivity contribution in [3.05, 3.63) is 47.8 Å². The molecule has 102 valence electrons. The molecule has 1 aromatic carbocycles. The zero-order chi connectivity index (χ0) is 13.7. The third-order valence-electron chi connectivity index (χ3n) is 3.18. The lowest BCUT2D eigenvalue weighted by molar-refractivity contribution is 0.413. The van der Waals surface area contributed by atoms with E-state index in [9.17, 15) is 0 Å². The molecule has 2 rings (SSSR count). The molecule has 0 aliphatic heterocycles. The van der Waals surface area contributed by atoms with Gasteiger partial charge in [-0.05, 0) is 36.7 Å². The van der Waals surface area contributed by atoms with Crippen molar-refractivity contribution in [1.82, 2.24) is 15.1 Å². The normalized spacial score (nSPS) is 12.4. The summed E-state index contributed by atoms with van der Waals surface area (Å²) in [7, 11) is 3.66. The van der Waals surface area contributed by atoms with Gasteiger partial charge in [-0.1, -0.05) is 19.1 Å². The Morgan fingerprint density at radius 1 is 1.37 bits per heavy atom. The molecular formula is C15H21N3O. The van der Waals surface area contributed by atoms with E-state index in [-0.39, 0.29) is 6.04 Å². The fourth-order valence-corrected chi connectivity index (χ4v) is 2.17. The summed E-state index contributed by atoms with van der Waals surface area (Å²) in [5.74, 6) is 0.878. The maximum Gasteiger partial charge on any atom is 0.119 e. The van der Waals surface area contributed by atoms with Crippen LogP contribution in [-0.2, 0) is 7.05 Å². The van der Waals surface area contributed by atoms with E-state index in [1.807, 2.05) is 36.1 Å². The first kappa shape index (κ1) is 13.6. The molecule has 2 aromatic rings. The summed E-state index contributed by atoms with van der Waals surface area (Å²) >= 11 is 0. The lowest BCUT2D eigenvalue weighted by atomic mass is 10.0. The van der Waals surface area contributed by atoms with E-state index >= 15 is 0 Å². The van der Waals surface area contributed by atoms with Crippen LogP contribution in [0.5, 0.6) is 5.75 Å². The van der Waals surface area contributed by atoms with Gasteiger partial charge < -0.3 is 10.1 Å². The first-order valence-corrected chi connectivity index (χ1v) is 6.61. The fraction of sp³-hybridized carbons (Fsp3) is 0.400. The number of ether oxygens (including phenoxy) is 1. The maximum atomic E-state index is 5.31. The largest absolute Gasteiger partial charge is 0.497 e. The van der Waals surface area contributed by atoms with E-state index < -0.39 is 0 Å². The smallest absolute Gasteiger partial charge is 0.119 e. The second-order valence-electron chi connectivity index (χ2n) is 4.54. The van der Waals surface area contributed by atoms with Gasteiger partial charge in [0.2, 0.25) is 0 Å². The van der Waals surface area contributed by atoms with Crippen molar-refractivity contribution in [3.63, 3.8) is 0 Å². The van der Waals surface area contributed by atoms with Gasteiger partial charge in [0.1, 0.15) is 5.75 Å². The van der Waals surface area contributed by atoms with Gasteiger partial charge in [0.15, 0.2) is 0 Å². The molecule has 19 heavy (non-hydrogen) atoms. The standard InChI is InChI=1S/C15H21N3O/c1-4-9-16-15(14-8-10-17-18(14)2)12-6-5-7-13(11-12)19-3/h5-8,10-11,15-16H,4,9H2,1-3H3. The molecule has 1 unspecified atom stereocenters. The average molecular weight is 259 g/mol. The van der Waals surface area contributed by atoms with E-state index in [1.165, 1.54) is 5.56 Å². The van der Waals surface area contributed by atoms with Crippen LogP contribution in [0.15, 0.2) is 36.5 Å². The van der Waals surface area contributed by atoms with Crippen LogP contribution < -0.4 is 10.1 Å². The Bertz CT molecular complexity index is 522. The van der Waals surface area contributed by atoms with E-state index in [2.05, 4.69) is 29.5 Å². The van der Waals surface area contributed by atoms with Crippen molar-refractivity contribution in [3.8, 4) is 5.75 Å². The van der Waals surface area contributed by atoms with Crippen molar-refractivity contribution in [2.45, 2.75) is 19.4 Å². The van der Waals surface area contributed by atoms with Gasteiger partial charge in [0, 0.05) is 13.2 Å². The molecule has 1 heterocycles. The molecule has 4 nitrogen and oxygen atoms in total. The number of nitrogens with one attached hydrogen (secondary N) is 1. The van der Waals surface area contributed by atoms with Crippen molar-refractivity contribution in [2.75, 3.05) is 13.7 Å². The van der Waals surface area contributed by atoms with Gasteiger partial charge in [0.25, 0.3) is 0 Å². The minimum Gasteiger partial charge on any atom is -0.497 e. The lowest BCUT2D eigenvalue weighted by Gasteiger charge is -2.20.